The average Bonchev–Trinajstić information content (AvgIpc) is 2.59. The normalized spacial score (nSPS) is 11.3. The minimum absolute atomic E-state index is 0.0312. The maximum atomic E-state index is 9.98. The van der Waals surface area contributed by atoms with Gasteiger partial charge in [0, 0.05) is 16.7 Å². The van der Waals surface area contributed by atoms with E-state index in [1.165, 1.54) is 5.56 Å². The zero-order valence-electron chi connectivity index (χ0n) is 17.3. The lowest BCUT2D eigenvalue weighted by Gasteiger charge is -2.23. The van der Waals surface area contributed by atoms with Crippen molar-refractivity contribution >= 4 is 11.7 Å². The fourth-order valence-corrected chi connectivity index (χ4v) is 2.46. The number of carboxylic acids is 1. The maximum absolute atomic E-state index is 9.98. The molecule has 4 heteroatoms. The first-order chi connectivity index (χ1) is 12.4. The molecule has 2 aromatic rings. The van der Waals surface area contributed by atoms with Gasteiger partial charge >= 0.3 is 5.97 Å². The highest BCUT2D eigenvalue weighted by Gasteiger charge is 2.19. The Morgan fingerprint density at radius 3 is 1.89 bits per heavy atom. The molecule has 146 valence electrons. The van der Waals surface area contributed by atoms with Crippen molar-refractivity contribution < 1.29 is 9.90 Å². The van der Waals surface area contributed by atoms with Crippen LogP contribution in [-0.4, -0.2) is 28.9 Å². The summed E-state index contributed by atoms with van der Waals surface area (Å²) >= 11 is 0. The van der Waals surface area contributed by atoms with E-state index in [4.69, 9.17) is 10.5 Å². The van der Waals surface area contributed by atoms with Crippen LogP contribution >= 0.6 is 0 Å². The number of hydrogen-bond donors (Lipinski definition) is 3. The number of hydrogen-bond acceptors (Lipinski definition) is 3. The fraction of sp³-hybridized carbons (Fsp3) is 0.391. The van der Waals surface area contributed by atoms with Crippen molar-refractivity contribution in [3.8, 4) is 0 Å². The van der Waals surface area contributed by atoms with Crippen LogP contribution in [0.15, 0.2) is 54.6 Å². The zero-order chi connectivity index (χ0) is 20.7. The van der Waals surface area contributed by atoms with E-state index in [1.807, 2.05) is 69.3 Å². The topological polar surface area (TPSA) is 73.2 Å². The van der Waals surface area contributed by atoms with Crippen LogP contribution in [0.2, 0.25) is 0 Å². The molecule has 0 saturated heterocycles. The second-order valence-corrected chi connectivity index (χ2v) is 8.53. The zero-order valence-corrected chi connectivity index (χ0v) is 17.3. The Kier molecular flexibility index (Phi) is 7.92. The summed E-state index contributed by atoms with van der Waals surface area (Å²) in [6.07, 6.45) is 0. The molecule has 27 heavy (non-hydrogen) atoms. The summed E-state index contributed by atoms with van der Waals surface area (Å²) in [6.45, 7) is 12.4. The summed E-state index contributed by atoms with van der Waals surface area (Å²) in [4.78, 5) is 9.98. The van der Waals surface area contributed by atoms with E-state index in [9.17, 15) is 4.79 Å². The monoisotopic (exact) mass is 368 g/mol. The van der Waals surface area contributed by atoms with Crippen LogP contribution in [0.4, 0.5) is 0 Å². The summed E-state index contributed by atoms with van der Waals surface area (Å²) in [6, 6.07) is 18.1. The predicted molar refractivity (Wildman–Crippen MR) is 113 cm³/mol. The Morgan fingerprint density at radius 1 is 0.926 bits per heavy atom. The molecule has 0 spiro atoms. The molecule has 0 aliphatic rings. The van der Waals surface area contributed by atoms with Gasteiger partial charge in [-0.1, -0.05) is 75.4 Å². The predicted octanol–water partition coefficient (Wildman–Crippen LogP) is 4.86. The molecule has 0 atom stereocenters. The van der Waals surface area contributed by atoms with Crippen LogP contribution in [0.5, 0.6) is 0 Å². The van der Waals surface area contributed by atoms with E-state index < -0.39 is 5.97 Å². The van der Waals surface area contributed by atoms with Crippen LogP contribution in [0.25, 0.3) is 0 Å². The number of benzene rings is 2. The third-order valence-corrected chi connectivity index (χ3v) is 3.84. The number of carboxylic acid groups (broad SMARTS) is 1. The second-order valence-electron chi connectivity index (χ2n) is 8.53. The number of nitrogens with one attached hydrogen (secondary N) is 2. The second kappa shape index (κ2) is 9.47. The standard InChI is InChI=1S/C17H19N.C6H13NO2/c1-17(2,3)15-12-8-7-11-14(15)16(18)13-9-5-4-6-10-13;1-6(2,3)7-4-5(8)9/h4-12,18H,1-3H3;7H,4H2,1-3H3,(H,8,9). The molecular weight excluding hydrogens is 336 g/mol. The molecule has 0 aliphatic heterocycles. The third kappa shape index (κ3) is 8.18. The molecule has 2 rings (SSSR count). The molecule has 4 nitrogen and oxygen atoms in total. The first-order valence-corrected chi connectivity index (χ1v) is 9.12. The molecule has 0 radical (unpaired) electrons. The van der Waals surface area contributed by atoms with E-state index in [0.29, 0.717) is 5.71 Å². The lowest BCUT2D eigenvalue weighted by Crippen LogP contribution is -2.39. The van der Waals surface area contributed by atoms with Gasteiger partial charge in [0.2, 0.25) is 0 Å². The molecule has 0 aromatic heterocycles. The minimum Gasteiger partial charge on any atom is -0.480 e. The summed E-state index contributed by atoms with van der Waals surface area (Å²) in [5.41, 5.74) is 3.76. The van der Waals surface area contributed by atoms with Gasteiger partial charge in [-0.25, -0.2) is 0 Å². The van der Waals surface area contributed by atoms with Gasteiger partial charge in [0.15, 0.2) is 0 Å². The van der Waals surface area contributed by atoms with Crippen molar-refractivity contribution in [2.45, 2.75) is 52.5 Å². The Labute approximate surface area is 163 Å². The van der Waals surface area contributed by atoms with Crippen molar-refractivity contribution in [2.75, 3.05) is 6.54 Å². The molecule has 0 aliphatic carbocycles. The van der Waals surface area contributed by atoms with Crippen molar-refractivity contribution in [1.29, 1.82) is 5.41 Å². The third-order valence-electron chi connectivity index (χ3n) is 3.84. The van der Waals surface area contributed by atoms with Gasteiger partial charge in [0.1, 0.15) is 0 Å². The van der Waals surface area contributed by atoms with E-state index in [-0.39, 0.29) is 17.5 Å². The molecular formula is C23H32N2O2. The smallest absolute Gasteiger partial charge is 0.317 e. The number of rotatable bonds is 4. The maximum Gasteiger partial charge on any atom is 0.317 e. The van der Waals surface area contributed by atoms with Gasteiger partial charge < -0.3 is 10.4 Å². The average molecular weight is 369 g/mol. The molecule has 0 amide bonds. The Morgan fingerprint density at radius 2 is 1.44 bits per heavy atom. The van der Waals surface area contributed by atoms with E-state index in [1.54, 1.807) is 0 Å². The summed E-state index contributed by atoms with van der Waals surface area (Å²) in [7, 11) is 0. The number of aliphatic carboxylic acids is 1. The van der Waals surface area contributed by atoms with Crippen LogP contribution in [0.3, 0.4) is 0 Å². The first kappa shape index (κ1) is 22.6. The fourth-order valence-electron chi connectivity index (χ4n) is 2.46. The number of carbonyl (C=O) groups is 1. The summed E-state index contributed by atoms with van der Waals surface area (Å²) < 4.78 is 0. The van der Waals surface area contributed by atoms with Crippen molar-refractivity contribution in [1.82, 2.24) is 5.32 Å². The molecule has 0 unspecified atom stereocenters. The summed E-state index contributed by atoms with van der Waals surface area (Å²) in [5.74, 6) is -0.815. The molecule has 0 fully saturated rings. The summed E-state index contributed by atoms with van der Waals surface area (Å²) in [5, 5.41) is 19.4. The van der Waals surface area contributed by atoms with E-state index >= 15 is 0 Å². The van der Waals surface area contributed by atoms with Crippen molar-refractivity contribution in [2.24, 2.45) is 0 Å². The Bertz CT molecular complexity index is 754. The highest BCUT2D eigenvalue weighted by Crippen LogP contribution is 2.27. The molecule has 0 bridgehead atoms. The van der Waals surface area contributed by atoms with Crippen molar-refractivity contribution in [3.63, 3.8) is 0 Å². The van der Waals surface area contributed by atoms with Gasteiger partial charge in [-0.05, 0) is 31.7 Å². The lowest BCUT2D eigenvalue weighted by atomic mass is 9.81. The largest absolute Gasteiger partial charge is 0.480 e. The van der Waals surface area contributed by atoms with E-state index in [0.717, 1.165) is 11.1 Å². The highest BCUT2D eigenvalue weighted by molar-refractivity contribution is 6.11. The van der Waals surface area contributed by atoms with Gasteiger partial charge in [0.05, 0.1) is 12.3 Å². The van der Waals surface area contributed by atoms with E-state index in [2.05, 4.69) is 32.2 Å². The molecule has 0 saturated carbocycles. The molecule has 0 heterocycles. The Hall–Kier alpha value is -2.46. The van der Waals surface area contributed by atoms with Crippen LogP contribution < -0.4 is 5.32 Å². The van der Waals surface area contributed by atoms with Gasteiger partial charge in [-0.2, -0.15) is 0 Å². The first-order valence-electron chi connectivity index (χ1n) is 9.12. The van der Waals surface area contributed by atoms with Crippen LogP contribution in [-0.2, 0) is 10.2 Å². The van der Waals surface area contributed by atoms with Gasteiger partial charge in [-0.3, -0.25) is 10.2 Å². The Balaban J connectivity index is 0.000000345. The van der Waals surface area contributed by atoms with Gasteiger partial charge in [0.25, 0.3) is 0 Å². The molecule has 3 N–H and O–H groups in total. The van der Waals surface area contributed by atoms with Gasteiger partial charge in [-0.15, -0.1) is 0 Å². The highest BCUT2D eigenvalue weighted by atomic mass is 16.4. The van der Waals surface area contributed by atoms with Crippen LogP contribution in [0, 0.1) is 5.41 Å². The van der Waals surface area contributed by atoms with Crippen LogP contribution in [0.1, 0.15) is 58.2 Å². The minimum atomic E-state index is -0.815. The SMILES string of the molecule is CC(C)(C)NCC(=O)O.CC(C)(C)c1ccccc1C(=N)c1ccccc1. The lowest BCUT2D eigenvalue weighted by molar-refractivity contribution is -0.136. The molecule has 2 aromatic carbocycles. The van der Waals surface area contributed by atoms with Crippen molar-refractivity contribution in [3.05, 3.63) is 71.3 Å². The quantitative estimate of drug-likeness (QED) is 0.675.